The molecule has 0 saturated carbocycles. The van der Waals surface area contributed by atoms with Gasteiger partial charge in [-0.3, -0.25) is 4.79 Å². The number of ketones is 1. The van der Waals surface area contributed by atoms with Crippen LogP contribution >= 0.6 is 11.6 Å². The van der Waals surface area contributed by atoms with Crippen LogP contribution in [0.4, 0.5) is 4.79 Å². The summed E-state index contributed by atoms with van der Waals surface area (Å²) in [6, 6.07) is 14.1. The van der Waals surface area contributed by atoms with Crippen LogP contribution in [-0.2, 0) is 16.1 Å². The molecule has 0 aromatic heterocycles. The van der Waals surface area contributed by atoms with E-state index in [-0.39, 0.29) is 25.2 Å². The van der Waals surface area contributed by atoms with Crippen LogP contribution in [0, 0.1) is 0 Å². The molecule has 7 heteroatoms. The van der Waals surface area contributed by atoms with Gasteiger partial charge in [-0.05, 0) is 24.1 Å². The zero-order chi connectivity index (χ0) is 18.9. The highest BCUT2D eigenvalue weighted by atomic mass is 35.5. The van der Waals surface area contributed by atoms with E-state index in [2.05, 4.69) is 5.32 Å². The summed E-state index contributed by atoms with van der Waals surface area (Å²) >= 11 is 5.77. The standard InChI is InChI=1S/C19H18ClNO5/c20-15-8-6-13(7-9-15)12-26-19(25)21-16(18(23)24)10-11-17(22)14-4-2-1-3-5-14/h1-9,16H,10-12H2,(H,21,25)(H,23,24). The predicted octanol–water partition coefficient (Wildman–Crippen LogP) is 3.68. The Labute approximate surface area is 155 Å². The quantitative estimate of drug-likeness (QED) is 0.686. The highest BCUT2D eigenvalue weighted by Crippen LogP contribution is 2.11. The zero-order valence-electron chi connectivity index (χ0n) is 13.9. The summed E-state index contributed by atoms with van der Waals surface area (Å²) in [7, 11) is 0. The average Bonchev–Trinajstić information content (AvgIpc) is 2.64. The van der Waals surface area contributed by atoms with Crippen LogP contribution in [0.2, 0.25) is 5.02 Å². The van der Waals surface area contributed by atoms with Crippen LogP contribution in [0.5, 0.6) is 0 Å². The minimum Gasteiger partial charge on any atom is -0.480 e. The molecule has 0 aliphatic rings. The van der Waals surface area contributed by atoms with Gasteiger partial charge in [0.2, 0.25) is 0 Å². The van der Waals surface area contributed by atoms with Crippen molar-refractivity contribution in [2.75, 3.05) is 0 Å². The number of ether oxygens (including phenoxy) is 1. The molecule has 6 nitrogen and oxygen atoms in total. The smallest absolute Gasteiger partial charge is 0.408 e. The summed E-state index contributed by atoms with van der Waals surface area (Å²) in [6.45, 7) is -0.0156. The molecule has 2 aromatic carbocycles. The average molecular weight is 376 g/mol. The van der Waals surface area contributed by atoms with Gasteiger partial charge < -0.3 is 15.2 Å². The van der Waals surface area contributed by atoms with Gasteiger partial charge in [0.25, 0.3) is 0 Å². The normalized spacial score (nSPS) is 11.4. The van der Waals surface area contributed by atoms with Gasteiger partial charge in [-0.15, -0.1) is 0 Å². The summed E-state index contributed by atoms with van der Waals surface area (Å²) in [5.41, 5.74) is 1.22. The van der Waals surface area contributed by atoms with Crippen LogP contribution < -0.4 is 5.32 Å². The lowest BCUT2D eigenvalue weighted by Crippen LogP contribution is -2.41. The van der Waals surface area contributed by atoms with E-state index < -0.39 is 18.1 Å². The van der Waals surface area contributed by atoms with E-state index in [1.165, 1.54) is 0 Å². The minimum absolute atomic E-state index is 0.00154. The number of carbonyl (C=O) groups is 3. The summed E-state index contributed by atoms with van der Waals surface area (Å²) in [5.74, 6) is -1.41. The van der Waals surface area contributed by atoms with E-state index in [1.54, 1.807) is 54.6 Å². The third kappa shape index (κ3) is 6.22. The first kappa shape index (κ1) is 19.5. The highest BCUT2D eigenvalue weighted by molar-refractivity contribution is 6.30. The molecular formula is C19H18ClNO5. The number of carboxylic acids is 1. The van der Waals surface area contributed by atoms with Crippen molar-refractivity contribution in [1.29, 1.82) is 0 Å². The van der Waals surface area contributed by atoms with Crippen molar-refractivity contribution in [3.63, 3.8) is 0 Å². The van der Waals surface area contributed by atoms with Crippen LogP contribution in [0.1, 0.15) is 28.8 Å². The van der Waals surface area contributed by atoms with E-state index in [0.717, 1.165) is 5.56 Å². The largest absolute Gasteiger partial charge is 0.480 e. The molecule has 26 heavy (non-hydrogen) atoms. The van der Waals surface area contributed by atoms with Gasteiger partial charge in [0, 0.05) is 17.0 Å². The third-order valence-electron chi connectivity index (χ3n) is 3.63. The van der Waals surface area contributed by atoms with E-state index in [0.29, 0.717) is 10.6 Å². The Morgan fingerprint density at radius 1 is 1.04 bits per heavy atom. The first-order valence-corrected chi connectivity index (χ1v) is 8.32. The molecule has 136 valence electrons. The van der Waals surface area contributed by atoms with Gasteiger partial charge in [0.1, 0.15) is 12.6 Å². The second kappa shape index (κ2) is 9.58. The molecule has 0 bridgehead atoms. The summed E-state index contributed by atoms with van der Waals surface area (Å²) < 4.78 is 5.00. The second-order valence-corrected chi connectivity index (χ2v) is 6.00. The Morgan fingerprint density at radius 3 is 2.31 bits per heavy atom. The number of hydrogen-bond donors (Lipinski definition) is 2. The first-order valence-electron chi connectivity index (χ1n) is 7.94. The maximum Gasteiger partial charge on any atom is 0.408 e. The van der Waals surface area contributed by atoms with Crippen LogP contribution in [0.25, 0.3) is 0 Å². The van der Waals surface area contributed by atoms with Crippen LogP contribution in [0.15, 0.2) is 54.6 Å². The SMILES string of the molecule is O=C(NC(CCC(=O)c1ccccc1)C(=O)O)OCc1ccc(Cl)cc1. The maximum absolute atomic E-state index is 12.0. The molecule has 0 heterocycles. The Kier molecular flexibility index (Phi) is 7.17. The number of alkyl carbamates (subject to hydrolysis) is 1. The van der Waals surface area contributed by atoms with E-state index in [1.807, 2.05) is 0 Å². The van der Waals surface area contributed by atoms with Crippen LogP contribution in [0.3, 0.4) is 0 Å². The van der Waals surface area contributed by atoms with Crippen molar-refractivity contribution in [3.05, 3.63) is 70.7 Å². The molecule has 2 N–H and O–H groups in total. The van der Waals surface area contributed by atoms with Gasteiger partial charge >= 0.3 is 12.1 Å². The highest BCUT2D eigenvalue weighted by Gasteiger charge is 2.22. The number of aliphatic carboxylic acids is 1. The molecule has 0 aliphatic heterocycles. The van der Waals surface area contributed by atoms with Crippen molar-refractivity contribution < 1.29 is 24.2 Å². The number of Topliss-reactive ketones (excluding diaryl/α,β-unsaturated/α-hetero) is 1. The van der Waals surface area contributed by atoms with Crippen molar-refractivity contribution in [2.45, 2.75) is 25.5 Å². The number of halogens is 1. The fraction of sp³-hybridized carbons (Fsp3) is 0.211. The lowest BCUT2D eigenvalue weighted by Gasteiger charge is -2.14. The summed E-state index contributed by atoms with van der Waals surface area (Å²) in [6.07, 6.45) is -0.892. The van der Waals surface area contributed by atoms with Crippen molar-refractivity contribution in [1.82, 2.24) is 5.32 Å². The molecule has 1 amide bonds. The molecule has 0 saturated heterocycles. The molecule has 1 unspecified atom stereocenters. The Bertz CT molecular complexity index is 761. The number of hydrogen-bond acceptors (Lipinski definition) is 4. The molecule has 1 atom stereocenters. The van der Waals surface area contributed by atoms with Gasteiger partial charge in [-0.1, -0.05) is 54.1 Å². The number of carboxylic acid groups (broad SMARTS) is 1. The molecule has 0 radical (unpaired) electrons. The Hall–Kier alpha value is -2.86. The number of rotatable bonds is 8. The predicted molar refractivity (Wildman–Crippen MR) is 96.2 cm³/mol. The fourth-order valence-electron chi connectivity index (χ4n) is 2.21. The van der Waals surface area contributed by atoms with Crippen molar-refractivity contribution in [2.24, 2.45) is 0 Å². The monoisotopic (exact) mass is 375 g/mol. The van der Waals surface area contributed by atoms with E-state index in [9.17, 15) is 19.5 Å². The summed E-state index contributed by atoms with van der Waals surface area (Å²) in [4.78, 5) is 35.2. The molecular weight excluding hydrogens is 358 g/mol. The second-order valence-electron chi connectivity index (χ2n) is 5.57. The summed E-state index contributed by atoms with van der Waals surface area (Å²) in [5, 5.41) is 12.1. The van der Waals surface area contributed by atoms with Gasteiger partial charge in [-0.2, -0.15) is 0 Å². The molecule has 0 spiro atoms. The molecule has 0 fully saturated rings. The topological polar surface area (TPSA) is 92.7 Å². The zero-order valence-corrected chi connectivity index (χ0v) is 14.6. The number of benzene rings is 2. The van der Waals surface area contributed by atoms with E-state index in [4.69, 9.17) is 16.3 Å². The van der Waals surface area contributed by atoms with Crippen molar-refractivity contribution >= 4 is 29.4 Å². The molecule has 2 aromatic rings. The fourth-order valence-corrected chi connectivity index (χ4v) is 2.34. The number of amides is 1. The third-order valence-corrected chi connectivity index (χ3v) is 3.88. The van der Waals surface area contributed by atoms with Gasteiger partial charge in [0.15, 0.2) is 5.78 Å². The lowest BCUT2D eigenvalue weighted by atomic mass is 10.0. The number of nitrogens with one attached hydrogen (secondary N) is 1. The lowest BCUT2D eigenvalue weighted by molar-refractivity contribution is -0.139. The van der Waals surface area contributed by atoms with Gasteiger partial charge in [0.05, 0.1) is 0 Å². The molecule has 0 aliphatic carbocycles. The first-order chi connectivity index (χ1) is 12.5. The minimum atomic E-state index is -1.23. The van der Waals surface area contributed by atoms with Crippen LogP contribution in [-0.4, -0.2) is 29.0 Å². The van der Waals surface area contributed by atoms with Gasteiger partial charge in [-0.25, -0.2) is 9.59 Å². The Balaban J connectivity index is 1.83. The molecule has 2 rings (SSSR count). The Morgan fingerprint density at radius 2 is 1.69 bits per heavy atom. The van der Waals surface area contributed by atoms with E-state index >= 15 is 0 Å². The number of carbonyl (C=O) groups excluding carboxylic acids is 2. The van der Waals surface area contributed by atoms with Crippen molar-refractivity contribution in [3.8, 4) is 0 Å². The maximum atomic E-state index is 12.0.